The zero-order chi connectivity index (χ0) is 13.2. The minimum atomic E-state index is -0.578. The smallest absolute Gasteiger partial charge is 0.308 e. The number of likely N-dealkylation sites (tertiary alicyclic amines) is 1. The summed E-state index contributed by atoms with van der Waals surface area (Å²) in [6.07, 6.45) is 7.93. The van der Waals surface area contributed by atoms with E-state index in [-0.39, 0.29) is 12.0 Å². The first-order chi connectivity index (χ1) is 8.49. The molecule has 0 spiro atoms. The van der Waals surface area contributed by atoms with Crippen molar-refractivity contribution in [2.75, 3.05) is 13.1 Å². The second kappa shape index (κ2) is 5.60. The summed E-state index contributed by atoms with van der Waals surface area (Å²) in [5.74, 6) is -0.716. The van der Waals surface area contributed by atoms with Gasteiger partial charge in [-0.3, -0.25) is 9.69 Å². The highest BCUT2D eigenvalue weighted by molar-refractivity contribution is 5.70. The second-order valence-electron chi connectivity index (χ2n) is 6.89. The van der Waals surface area contributed by atoms with Crippen LogP contribution in [0, 0.1) is 11.3 Å². The van der Waals surface area contributed by atoms with Gasteiger partial charge in [-0.1, -0.05) is 33.1 Å². The van der Waals surface area contributed by atoms with E-state index in [2.05, 4.69) is 18.7 Å². The van der Waals surface area contributed by atoms with Gasteiger partial charge in [-0.15, -0.1) is 0 Å². The SMILES string of the molecule is CC1(C)CCCN(C2CCCCCC2C(=O)O)C1. The molecule has 0 radical (unpaired) electrons. The van der Waals surface area contributed by atoms with Gasteiger partial charge in [-0.2, -0.15) is 0 Å². The molecular weight excluding hydrogens is 226 g/mol. The van der Waals surface area contributed by atoms with E-state index in [1.165, 1.54) is 25.7 Å². The van der Waals surface area contributed by atoms with Gasteiger partial charge >= 0.3 is 5.97 Å². The summed E-state index contributed by atoms with van der Waals surface area (Å²) in [6, 6.07) is 0.282. The Hall–Kier alpha value is -0.570. The summed E-state index contributed by atoms with van der Waals surface area (Å²) in [5.41, 5.74) is 0.355. The molecule has 2 aliphatic rings. The molecule has 1 heterocycles. The van der Waals surface area contributed by atoms with E-state index in [1.807, 2.05) is 0 Å². The van der Waals surface area contributed by atoms with Gasteiger partial charge in [0.05, 0.1) is 5.92 Å². The van der Waals surface area contributed by atoms with Crippen molar-refractivity contribution < 1.29 is 9.90 Å². The average Bonchev–Trinajstić information content (AvgIpc) is 2.52. The topological polar surface area (TPSA) is 40.5 Å². The summed E-state index contributed by atoms with van der Waals surface area (Å²) in [5, 5.41) is 9.47. The predicted octanol–water partition coefficient (Wildman–Crippen LogP) is 3.14. The average molecular weight is 253 g/mol. The fourth-order valence-electron chi connectivity index (χ4n) is 3.76. The molecule has 1 saturated carbocycles. The number of rotatable bonds is 2. The predicted molar refractivity (Wildman–Crippen MR) is 72.6 cm³/mol. The maximum absolute atomic E-state index is 11.5. The Balaban J connectivity index is 2.09. The number of nitrogens with zero attached hydrogens (tertiary/aromatic N) is 1. The van der Waals surface area contributed by atoms with Crippen molar-refractivity contribution in [3.8, 4) is 0 Å². The van der Waals surface area contributed by atoms with Crippen molar-refractivity contribution >= 4 is 5.97 Å². The van der Waals surface area contributed by atoms with Gasteiger partial charge in [0.2, 0.25) is 0 Å². The van der Waals surface area contributed by atoms with Crippen LogP contribution >= 0.6 is 0 Å². The lowest BCUT2D eigenvalue weighted by Crippen LogP contribution is -2.50. The zero-order valence-electron chi connectivity index (χ0n) is 11.8. The lowest BCUT2D eigenvalue weighted by Gasteiger charge is -2.43. The van der Waals surface area contributed by atoms with Crippen LogP contribution in [-0.4, -0.2) is 35.1 Å². The van der Waals surface area contributed by atoms with Crippen LogP contribution in [0.3, 0.4) is 0 Å². The molecule has 2 rings (SSSR count). The standard InChI is InChI=1S/C15H27NO2/c1-15(2)9-6-10-16(11-15)13-8-5-3-4-7-12(13)14(17)18/h12-13H,3-11H2,1-2H3,(H,17,18). The summed E-state index contributed by atoms with van der Waals surface area (Å²) in [4.78, 5) is 14.0. The molecule has 1 N–H and O–H groups in total. The van der Waals surface area contributed by atoms with E-state index in [9.17, 15) is 9.90 Å². The van der Waals surface area contributed by atoms with Crippen LogP contribution in [0.1, 0.15) is 58.8 Å². The number of carbonyl (C=O) groups is 1. The molecule has 3 nitrogen and oxygen atoms in total. The first-order valence-electron chi connectivity index (χ1n) is 7.46. The highest BCUT2D eigenvalue weighted by Gasteiger charge is 2.37. The first kappa shape index (κ1) is 13.9. The zero-order valence-corrected chi connectivity index (χ0v) is 11.8. The minimum absolute atomic E-state index is 0.138. The van der Waals surface area contributed by atoms with Crippen LogP contribution in [0.5, 0.6) is 0 Å². The summed E-state index contributed by atoms with van der Waals surface area (Å²) in [7, 11) is 0. The molecule has 0 aromatic heterocycles. The minimum Gasteiger partial charge on any atom is -0.481 e. The van der Waals surface area contributed by atoms with E-state index >= 15 is 0 Å². The van der Waals surface area contributed by atoms with Crippen LogP contribution in [0.4, 0.5) is 0 Å². The number of aliphatic carboxylic acids is 1. The Morgan fingerprint density at radius 1 is 1.17 bits per heavy atom. The van der Waals surface area contributed by atoms with Crippen molar-refractivity contribution in [1.82, 2.24) is 4.90 Å². The molecule has 1 aliphatic carbocycles. The van der Waals surface area contributed by atoms with Crippen LogP contribution in [-0.2, 0) is 4.79 Å². The monoisotopic (exact) mass is 253 g/mol. The van der Waals surface area contributed by atoms with Gasteiger partial charge < -0.3 is 5.11 Å². The third kappa shape index (κ3) is 3.25. The number of piperidine rings is 1. The van der Waals surface area contributed by atoms with Crippen molar-refractivity contribution in [2.45, 2.75) is 64.8 Å². The van der Waals surface area contributed by atoms with Crippen LogP contribution in [0.15, 0.2) is 0 Å². The maximum Gasteiger partial charge on any atom is 0.308 e. The lowest BCUT2D eigenvalue weighted by molar-refractivity contribution is -0.145. The van der Waals surface area contributed by atoms with E-state index in [4.69, 9.17) is 0 Å². The van der Waals surface area contributed by atoms with E-state index in [0.29, 0.717) is 5.41 Å². The Bertz CT molecular complexity index is 301. The van der Waals surface area contributed by atoms with Gasteiger partial charge in [-0.25, -0.2) is 0 Å². The molecule has 1 aliphatic heterocycles. The Morgan fingerprint density at radius 3 is 2.56 bits per heavy atom. The van der Waals surface area contributed by atoms with E-state index in [1.54, 1.807) is 0 Å². The number of hydrogen-bond donors (Lipinski definition) is 1. The van der Waals surface area contributed by atoms with Crippen molar-refractivity contribution in [3.63, 3.8) is 0 Å². The molecule has 2 fully saturated rings. The van der Waals surface area contributed by atoms with Crippen molar-refractivity contribution in [2.24, 2.45) is 11.3 Å². The van der Waals surface area contributed by atoms with Gasteiger partial charge in [0.15, 0.2) is 0 Å². The molecule has 3 heteroatoms. The molecule has 1 saturated heterocycles. The van der Waals surface area contributed by atoms with Crippen molar-refractivity contribution in [3.05, 3.63) is 0 Å². The molecule has 2 atom stereocenters. The number of carboxylic acid groups (broad SMARTS) is 1. The van der Waals surface area contributed by atoms with Gasteiger partial charge in [0.25, 0.3) is 0 Å². The summed E-state index contributed by atoms with van der Waals surface area (Å²) in [6.45, 7) is 6.79. The Labute approximate surface area is 111 Å². The van der Waals surface area contributed by atoms with E-state index in [0.717, 1.165) is 32.4 Å². The molecule has 0 amide bonds. The lowest BCUT2D eigenvalue weighted by atomic mass is 9.81. The summed E-state index contributed by atoms with van der Waals surface area (Å²) >= 11 is 0. The third-order valence-electron chi connectivity index (χ3n) is 4.70. The van der Waals surface area contributed by atoms with Crippen LogP contribution < -0.4 is 0 Å². The molecule has 0 aromatic carbocycles. The normalized spacial score (nSPS) is 33.9. The van der Waals surface area contributed by atoms with Crippen molar-refractivity contribution in [1.29, 1.82) is 0 Å². The van der Waals surface area contributed by atoms with Crippen LogP contribution in [0.2, 0.25) is 0 Å². The third-order valence-corrected chi connectivity index (χ3v) is 4.70. The second-order valence-corrected chi connectivity index (χ2v) is 6.89. The highest BCUT2D eigenvalue weighted by atomic mass is 16.4. The Kier molecular flexibility index (Phi) is 4.31. The van der Waals surface area contributed by atoms with Gasteiger partial charge in [0, 0.05) is 12.6 Å². The molecular formula is C15H27NO2. The van der Waals surface area contributed by atoms with Gasteiger partial charge in [0.1, 0.15) is 0 Å². The molecule has 0 aromatic rings. The van der Waals surface area contributed by atoms with Gasteiger partial charge in [-0.05, 0) is 37.6 Å². The molecule has 18 heavy (non-hydrogen) atoms. The quantitative estimate of drug-likeness (QED) is 0.769. The largest absolute Gasteiger partial charge is 0.481 e. The maximum atomic E-state index is 11.5. The first-order valence-corrected chi connectivity index (χ1v) is 7.46. The molecule has 0 bridgehead atoms. The fourth-order valence-corrected chi connectivity index (χ4v) is 3.76. The molecule has 2 unspecified atom stereocenters. The highest BCUT2D eigenvalue weighted by Crippen LogP contribution is 2.34. The molecule has 104 valence electrons. The summed E-state index contributed by atoms with van der Waals surface area (Å²) < 4.78 is 0. The van der Waals surface area contributed by atoms with Crippen LogP contribution in [0.25, 0.3) is 0 Å². The fraction of sp³-hybridized carbons (Fsp3) is 0.933. The number of hydrogen-bond acceptors (Lipinski definition) is 2. The number of carboxylic acids is 1. The Morgan fingerprint density at radius 2 is 1.89 bits per heavy atom. The van der Waals surface area contributed by atoms with E-state index < -0.39 is 5.97 Å².